The molecule has 2 heteroatoms. The number of benzene rings is 2. The minimum atomic E-state index is -0.297. The third kappa shape index (κ3) is 7.88. The van der Waals surface area contributed by atoms with Gasteiger partial charge in [0.25, 0.3) is 0 Å². The molecule has 0 saturated heterocycles. The standard InChI is InChI=1S/C35H52O2/c1-8-16-27(12-5)30-21-22-31(35(37)32(36)24-26-20-15-19-25(11-4)23-26)34(29(14-7)18-10-3)33(30)28(13-6)17-9-2/h15,19-23,27-29H,8-14,16-18,24H2,1-7H3. The van der Waals surface area contributed by atoms with Crippen LogP contribution in [-0.2, 0) is 17.6 Å². The van der Waals surface area contributed by atoms with Crippen molar-refractivity contribution in [2.24, 2.45) is 0 Å². The number of Topliss-reactive ketones (excluding diaryl/α,β-unsaturated/α-hetero) is 2. The van der Waals surface area contributed by atoms with E-state index in [4.69, 9.17) is 0 Å². The maximum atomic E-state index is 13.9. The van der Waals surface area contributed by atoms with Gasteiger partial charge in [-0.1, -0.05) is 104 Å². The predicted octanol–water partition coefficient (Wildman–Crippen LogP) is 10.1. The van der Waals surface area contributed by atoms with Crippen LogP contribution in [0, 0.1) is 0 Å². The fourth-order valence-corrected chi connectivity index (χ4v) is 6.21. The van der Waals surface area contributed by atoms with Crippen LogP contribution in [0.25, 0.3) is 0 Å². The van der Waals surface area contributed by atoms with E-state index >= 15 is 0 Å². The molecule has 3 atom stereocenters. The summed E-state index contributed by atoms with van der Waals surface area (Å²) in [6.07, 6.45) is 10.9. The number of ketones is 2. The Kier molecular flexibility index (Phi) is 13.3. The average molecular weight is 505 g/mol. The maximum absolute atomic E-state index is 13.9. The largest absolute Gasteiger partial charge is 0.290 e. The molecular weight excluding hydrogens is 452 g/mol. The first-order chi connectivity index (χ1) is 17.9. The molecule has 0 heterocycles. The minimum Gasteiger partial charge on any atom is -0.290 e. The number of carbonyl (C=O) groups excluding carboxylic acids is 2. The van der Waals surface area contributed by atoms with Gasteiger partial charge in [0.05, 0.1) is 0 Å². The van der Waals surface area contributed by atoms with Crippen LogP contribution < -0.4 is 0 Å². The quantitative estimate of drug-likeness (QED) is 0.159. The van der Waals surface area contributed by atoms with Crippen molar-refractivity contribution in [1.82, 2.24) is 0 Å². The average Bonchev–Trinajstić information content (AvgIpc) is 2.92. The van der Waals surface area contributed by atoms with Crippen molar-refractivity contribution in [1.29, 1.82) is 0 Å². The maximum Gasteiger partial charge on any atom is 0.229 e. The summed E-state index contributed by atoms with van der Waals surface area (Å²) in [5.41, 5.74) is 6.87. The van der Waals surface area contributed by atoms with Crippen LogP contribution in [-0.4, -0.2) is 11.6 Å². The summed E-state index contributed by atoms with van der Waals surface area (Å²) >= 11 is 0. The van der Waals surface area contributed by atoms with E-state index in [-0.39, 0.29) is 18.0 Å². The first-order valence-corrected chi connectivity index (χ1v) is 15.2. The molecule has 204 valence electrons. The Hall–Kier alpha value is -2.22. The molecule has 0 aliphatic rings. The lowest BCUT2D eigenvalue weighted by Gasteiger charge is -2.31. The summed E-state index contributed by atoms with van der Waals surface area (Å²) in [6, 6.07) is 12.3. The molecule has 0 aliphatic carbocycles. The highest BCUT2D eigenvalue weighted by molar-refractivity contribution is 6.44. The zero-order chi connectivity index (χ0) is 27.4. The highest BCUT2D eigenvalue weighted by atomic mass is 16.2. The van der Waals surface area contributed by atoms with Crippen LogP contribution in [0.3, 0.4) is 0 Å². The lowest BCUT2D eigenvalue weighted by molar-refractivity contribution is -0.114. The third-order valence-corrected chi connectivity index (χ3v) is 8.23. The summed E-state index contributed by atoms with van der Waals surface area (Å²) in [5, 5.41) is 0. The van der Waals surface area contributed by atoms with Gasteiger partial charge < -0.3 is 0 Å². The summed E-state index contributed by atoms with van der Waals surface area (Å²) in [5.74, 6) is 0.648. The van der Waals surface area contributed by atoms with E-state index in [1.54, 1.807) is 0 Å². The molecule has 0 aromatic heterocycles. The highest BCUT2D eigenvalue weighted by Crippen LogP contribution is 2.43. The van der Waals surface area contributed by atoms with E-state index in [9.17, 15) is 9.59 Å². The molecule has 2 nitrogen and oxygen atoms in total. The molecule has 2 aromatic rings. The first kappa shape index (κ1) is 31.0. The topological polar surface area (TPSA) is 34.1 Å². The van der Waals surface area contributed by atoms with Gasteiger partial charge >= 0.3 is 0 Å². The second-order valence-electron chi connectivity index (χ2n) is 10.8. The molecule has 3 unspecified atom stereocenters. The van der Waals surface area contributed by atoms with Crippen molar-refractivity contribution in [3.8, 4) is 0 Å². The Labute approximate surface area is 227 Å². The van der Waals surface area contributed by atoms with Gasteiger partial charge in [-0.2, -0.15) is 0 Å². The Morgan fingerprint density at radius 3 is 1.73 bits per heavy atom. The SMILES string of the molecule is CCCC(CC)c1ccc(C(=O)C(=O)Cc2cccc(CC)c2)c(C(CC)CCC)c1C(CC)CCC. The van der Waals surface area contributed by atoms with Crippen molar-refractivity contribution in [2.45, 2.75) is 137 Å². The summed E-state index contributed by atoms with van der Waals surface area (Å²) in [6.45, 7) is 15.7. The van der Waals surface area contributed by atoms with E-state index in [2.05, 4.69) is 66.7 Å². The lowest BCUT2D eigenvalue weighted by Crippen LogP contribution is -2.22. The Morgan fingerprint density at radius 2 is 1.19 bits per heavy atom. The molecule has 0 aliphatic heterocycles. The summed E-state index contributed by atoms with van der Waals surface area (Å²) in [4.78, 5) is 27.3. The zero-order valence-corrected chi connectivity index (χ0v) is 24.8. The monoisotopic (exact) mass is 504 g/mol. The molecule has 37 heavy (non-hydrogen) atoms. The fourth-order valence-electron chi connectivity index (χ4n) is 6.21. The van der Waals surface area contributed by atoms with Crippen molar-refractivity contribution in [2.75, 3.05) is 0 Å². The first-order valence-electron chi connectivity index (χ1n) is 15.2. The smallest absolute Gasteiger partial charge is 0.229 e. The fraction of sp³-hybridized carbons (Fsp3) is 0.600. The molecule has 0 spiro atoms. The molecule has 2 aromatic carbocycles. The molecule has 0 bridgehead atoms. The van der Waals surface area contributed by atoms with Crippen molar-refractivity contribution in [3.63, 3.8) is 0 Å². The molecule has 0 saturated carbocycles. The minimum absolute atomic E-state index is 0.174. The second-order valence-corrected chi connectivity index (χ2v) is 10.8. The van der Waals surface area contributed by atoms with Gasteiger partial charge in [-0.05, 0) is 90.5 Å². The van der Waals surface area contributed by atoms with Crippen molar-refractivity contribution in [3.05, 3.63) is 69.8 Å². The van der Waals surface area contributed by atoms with Crippen LogP contribution in [0.2, 0.25) is 0 Å². The van der Waals surface area contributed by atoms with Gasteiger partial charge in [0, 0.05) is 12.0 Å². The highest BCUT2D eigenvalue weighted by Gasteiger charge is 2.31. The predicted molar refractivity (Wildman–Crippen MR) is 159 cm³/mol. The third-order valence-electron chi connectivity index (χ3n) is 8.23. The van der Waals surface area contributed by atoms with Gasteiger partial charge in [0.15, 0.2) is 0 Å². The van der Waals surface area contributed by atoms with E-state index in [1.807, 2.05) is 18.2 Å². The van der Waals surface area contributed by atoms with Gasteiger partial charge in [0.2, 0.25) is 11.6 Å². The lowest BCUT2D eigenvalue weighted by atomic mass is 9.73. The number of aryl methyl sites for hydroxylation is 1. The van der Waals surface area contributed by atoms with E-state index < -0.39 is 0 Å². The van der Waals surface area contributed by atoms with Crippen LogP contribution in [0.15, 0.2) is 36.4 Å². The Bertz CT molecular complexity index is 1000. The zero-order valence-electron chi connectivity index (χ0n) is 24.8. The Balaban J connectivity index is 2.72. The van der Waals surface area contributed by atoms with Gasteiger partial charge in [-0.15, -0.1) is 0 Å². The van der Waals surface area contributed by atoms with Crippen LogP contribution in [0.5, 0.6) is 0 Å². The second kappa shape index (κ2) is 15.9. The van der Waals surface area contributed by atoms with Crippen LogP contribution in [0.4, 0.5) is 0 Å². The number of carbonyl (C=O) groups is 2. The van der Waals surface area contributed by atoms with E-state index in [0.29, 0.717) is 23.3 Å². The number of hydrogen-bond acceptors (Lipinski definition) is 2. The summed E-state index contributed by atoms with van der Waals surface area (Å²) in [7, 11) is 0. The summed E-state index contributed by atoms with van der Waals surface area (Å²) < 4.78 is 0. The van der Waals surface area contributed by atoms with Gasteiger partial charge in [0.1, 0.15) is 0 Å². The molecule has 0 N–H and O–H groups in total. The molecule has 0 fully saturated rings. The van der Waals surface area contributed by atoms with Crippen LogP contribution >= 0.6 is 0 Å². The molecule has 0 amide bonds. The van der Waals surface area contributed by atoms with E-state index in [1.165, 1.54) is 22.3 Å². The molecule has 2 rings (SSSR count). The van der Waals surface area contributed by atoms with Crippen molar-refractivity contribution < 1.29 is 9.59 Å². The number of rotatable bonds is 17. The van der Waals surface area contributed by atoms with Gasteiger partial charge in [-0.25, -0.2) is 0 Å². The molecular formula is C35H52O2. The Morgan fingerprint density at radius 1 is 0.649 bits per heavy atom. The molecule has 0 radical (unpaired) electrons. The van der Waals surface area contributed by atoms with E-state index in [0.717, 1.165) is 69.8 Å². The van der Waals surface area contributed by atoms with Crippen LogP contribution in [0.1, 0.15) is 162 Å². The normalized spacial score (nSPS) is 13.8. The van der Waals surface area contributed by atoms with Gasteiger partial charge in [-0.3, -0.25) is 9.59 Å². The van der Waals surface area contributed by atoms with Crippen molar-refractivity contribution >= 4 is 11.6 Å². The number of hydrogen-bond donors (Lipinski definition) is 0.